The Labute approximate surface area is 132 Å². The number of aromatic amines is 1. The summed E-state index contributed by atoms with van der Waals surface area (Å²) in [4.78, 5) is 14.7. The number of rotatable bonds is 4. The van der Waals surface area contributed by atoms with Gasteiger partial charge in [0.15, 0.2) is 5.11 Å². The van der Waals surface area contributed by atoms with E-state index in [1.165, 1.54) is 6.21 Å². The number of hydrogen-bond acceptors (Lipinski definition) is 4. The van der Waals surface area contributed by atoms with Crippen LogP contribution in [-0.2, 0) is 0 Å². The summed E-state index contributed by atoms with van der Waals surface area (Å²) in [6, 6.07) is 5.40. The van der Waals surface area contributed by atoms with Crippen LogP contribution >= 0.6 is 12.2 Å². The van der Waals surface area contributed by atoms with Gasteiger partial charge in [-0.2, -0.15) is 5.10 Å². The van der Waals surface area contributed by atoms with Crippen molar-refractivity contribution in [3.63, 3.8) is 0 Å². The zero-order valence-electron chi connectivity index (χ0n) is 12.0. The SMILES string of the molecule is C=CCNC(=S)N/N=C/c1c(O)c2cc(C)ccc2[nH]c1=O. The molecule has 0 aliphatic carbocycles. The second-order valence-corrected chi connectivity index (χ2v) is 5.04. The summed E-state index contributed by atoms with van der Waals surface area (Å²) < 4.78 is 0. The summed E-state index contributed by atoms with van der Waals surface area (Å²) in [6.45, 7) is 5.96. The summed E-state index contributed by atoms with van der Waals surface area (Å²) in [5, 5.41) is 17.8. The Hall–Kier alpha value is -2.67. The zero-order valence-corrected chi connectivity index (χ0v) is 12.8. The van der Waals surface area contributed by atoms with E-state index in [1.807, 2.05) is 13.0 Å². The van der Waals surface area contributed by atoms with Crippen LogP contribution in [0, 0.1) is 6.92 Å². The number of benzene rings is 1. The van der Waals surface area contributed by atoms with E-state index in [4.69, 9.17) is 12.2 Å². The van der Waals surface area contributed by atoms with Crippen molar-refractivity contribution in [2.45, 2.75) is 6.92 Å². The number of thiocarbonyl (C=S) groups is 1. The Morgan fingerprint density at radius 2 is 2.32 bits per heavy atom. The van der Waals surface area contributed by atoms with Gasteiger partial charge in [0.2, 0.25) is 0 Å². The Kier molecular flexibility index (Phi) is 4.90. The topological polar surface area (TPSA) is 89.5 Å². The molecule has 0 spiro atoms. The molecule has 2 rings (SSSR count). The summed E-state index contributed by atoms with van der Waals surface area (Å²) >= 11 is 4.96. The van der Waals surface area contributed by atoms with Crippen LogP contribution in [0.1, 0.15) is 11.1 Å². The van der Waals surface area contributed by atoms with Gasteiger partial charge in [-0.3, -0.25) is 10.2 Å². The number of nitrogens with one attached hydrogen (secondary N) is 3. The molecule has 0 aliphatic heterocycles. The highest BCUT2D eigenvalue weighted by Crippen LogP contribution is 2.24. The fourth-order valence-electron chi connectivity index (χ4n) is 1.88. The number of aromatic nitrogens is 1. The molecule has 0 fully saturated rings. The summed E-state index contributed by atoms with van der Waals surface area (Å²) in [5.74, 6) is -0.113. The molecule has 0 aliphatic rings. The van der Waals surface area contributed by atoms with Crippen LogP contribution in [0.15, 0.2) is 40.8 Å². The molecule has 0 saturated heterocycles. The fraction of sp³-hybridized carbons (Fsp3) is 0.133. The van der Waals surface area contributed by atoms with Crippen molar-refractivity contribution in [3.05, 3.63) is 52.3 Å². The van der Waals surface area contributed by atoms with E-state index in [9.17, 15) is 9.90 Å². The number of pyridine rings is 1. The van der Waals surface area contributed by atoms with Crippen LogP contribution in [0.2, 0.25) is 0 Å². The molecule has 2 aromatic rings. The lowest BCUT2D eigenvalue weighted by Crippen LogP contribution is -2.32. The summed E-state index contributed by atoms with van der Waals surface area (Å²) in [7, 11) is 0. The second kappa shape index (κ2) is 6.86. The lowest BCUT2D eigenvalue weighted by atomic mass is 10.1. The normalized spacial score (nSPS) is 10.8. The quantitative estimate of drug-likeness (QED) is 0.297. The summed E-state index contributed by atoms with van der Waals surface area (Å²) in [5.41, 5.74) is 3.75. The minimum Gasteiger partial charge on any atom is -0.506 e. The highest BCUT2D eigenvalue weighted by molar-refractivity contribution is 7.80. The van der Waals surface area contributed by atoms with Gasteiger partial charge in [0.1, 0.15) is 11.3 Å². The lowest BCUT2D eigenvalue weighted by molar-refractivity contribution is 0.479. The average molecular weight is 316 g/mol. The number of nitrogens with zero attached hydrogens (tertiary/aromatic N) is 1. The number of fused-ring (bicyclic) bond motifs is 1. The minimum absolute atomic E-state index is 0.0668. The monoisotopic (exact) mass is 316 g/mol. The van der Waals surface area contributed by atoms with Gasteiger partial charge in [0.05, 0.1) is 11.7 Å². The number of hydrogen-bond donors (Lipinski definition) is 4. The van der Waals surface area contributed by atoms with Gasteiger partial charge in [-0.05, 0) is 31.3 Å². The zero-order chi connectivity index (χ0) is 16.1. The van der Waals surface area contributed by atoms with Crippen molar-refractivity contribution >= 4 is 34.4 Å². The van der Waals surface area contributed by atoms with E-state index in [0.29, 0.717) is 22.6 Å². The van der Waals surface area contributed by atoms with Gasteiger partial charge in [-0.15, -0.1) is 6.58 Å². The van der Waals surface area contributed by atoms with Crippen molar-refractivity contribution in [2.24, 2.45) is 5.10 Å². The molecule has 0 atom stereocenters. The van der Waals surface area contributed by atoms with Gasteiger partial charge in [-0.25, -0.2) is 0 Å². The highest BCUT2D eigenvalue weighted by Gasteiger charge is 2.10. The van der Waals surface area contributed by atoms with Crippen molar-refractivity contribution in [1.29, 1.82) is 0 Å². The molecule has 6 nitrogen and oxygen atoms in total. The minimum atomic E-state index is -0.427. The maximum atomic E-state index is 12.0. The predicted octanol–water partition coefficient (Wildman–Crippen LogP) is 1.53. The van der Waals surface area contributed by atoms with E-state index >= 15 is 0 Å². The van der Waals surface area contributed by atoms with Crippen LogP contribution in [0.5, 0.6) is 5.75 Å². The Morgan fingerprint density at radius 1 is 1.55 bits per heavy atom. The third kappa shape index (κ3) is 3.50. The van der Waals surface area contributed by atoms with Gasteiger partial charge in [0.25, 0.3) is 5.56 Å². The van der Waals surface area contributed by atoms with Crippen LogP contribution in [0.3, 0.4) is 0 Å². The molecule has 22 heavy (non-hydrogen) atoms. The standard InChI is InChI=1S/C15H16N4O2S/c1-3-6-16-15(22)19-17-8-11-13(20)10-7-9(2)4-5-12(10)18-14(11)21/h3-5,7-8H,1,6H2,2H3,(H2,16,19,22)(H2,18,20,21)/b17-8+. The first kappa shape index (κ1) is 15.7. The third-order valence-corrected chi connectivity index (χ3v) is 3.18. The third-order valence-electron chi connectivity index (χ3n) is 2.94. The first-order chi connectivity index (χ1) is 10.5. The Morgan fingerprint density at radius 3 is 3.05 bits per heavy atom. The Bertz CT molecular complexity index is 811. The molecule has 4 N–H and O–H groups in total. The number of aromatic hydroxyl groups is 1. The maximum Gasteiger partial charge on any atom is 0.261 e. The maximum absolute atomic E-state index is 12.0. The molecule has 1 heterocycles. The molecule has 0 saturated carbocycles. The molecule has 1 aromatic heterocycles. The largest absolute Gasteiger partial charge is 0.506 e. The number of aryl methyl sites for hydroxylation is 1. The first-order valence-corrected chi connectivity index (χ1v) is 6.97. The van der Waals surface area contributed by atoms with Crippen molar-refractivity contribution in [1.82, 2.24) is 15.7 Å². The van der Waals surface area contributed by atoms with Crippen LogP contribution in [0.25, 0.3) is 10.9 Å². The summed E-state index contributed by atoms with van der Waals surface area (Å²) in [6.07, 6.45) is 2.89. The molecule has 0 amide bonds. The molecule has 1 aromatic carbocycles. The lowest BCUT2D eigenvalue weighted by Gasteiger charge is -2.06. The van der Waals surface area contributed by atoms with Crippen LogP contribution in [0.4, 0.5) is 0 Å². The number of H-pyrrole nitrogens is 1. The molecule has 114 valence electrons. The van der Waals surface area contributed by atoms with Crippen LogP contribution < -0.4 is 16.3 Å². The molecular weight excluding hydrogens is 300 g/mol. The van der Waals surface area contributed by atoms with Gasteiger partial charge in [-0.1, -0.05) is 17.7 Å². The van der Waals surface area contributed by atoms with Gasteiger partial charge >= 0.3 is 0 Å². The molecule has 0 radical (unpaired) electrons. The first-order valence-electron chi connectivity index (χ1n) is 6.56. The fourth-order valence-corrected chi connectivity index (χ4v) is 2.02. The molecule has 0 unspecified atom stereocenters. The van der Waals surface area contributed by atoms with Crippen LogP contribution in [-0.4, -0.2) is 28.0 Å². The highest BCUT2D eigenvalue weighted by atomic mass is 32.1. The van der Waals surface area contributed by atoms with Crippen molar-refractivity contribution in [2.75, 3.05) is 6.54 Å². The van der Waals surface area contributed by atoms with Crippen molar-refractivity contribution in [3.8, 4) is 5.75 Å². The number of hydrazone groups is 1. The van der Waals surface area contributed by atoms with E-state index in [0.717, 1.165) is 5.56 Å². The van der Waals surface area contributed by atoms with Crippen molar-refractivity contribution < 1.29 is 5.11 Å². The molecule has 7 heteroatoms. The smallest absolute Gasteiger partial charge is 0.261 e. The van der Waals surface area contributed by atoms with E-state index in [1.54, 1.807) is 18.2 Å². The second-order valence-electron chi connectivity index (χ2n) is 4.63. The van der Waals surface area contributed by atoms with E-state index in [-0.39, 0.29) is 11.3 Å². The predicted molar refractivity (Wildman–Crippen MR) is 92.5 cm³/mol. The van der Waals surface area contributed by atoms with Gasteiger partial charge < -0.3 is 15.4 Å². The van der Waals surface area contributed by atoms with Gasteiger partial charge in [0, 0.05) is 11.9 Å². The molecular formula is C15H16N4O2S. The Balaban J connectivity index is 2.29. The average Bonchev–Trinajstić information content (AvgIpc) is 2.49. The molecule has 0 bridgehead atoms. The van der Waals surface area contributed by atoms with E-state index < -0.39 is 5.56 Å². The van der Waals surface area contributed by atoms with E-state index in [2.05, 4.69) is 27.4 Å².